The van der Waals surface area contributed by atoms with E-state index in [1.807, 2.05) is 13.8 Å². The summed E-state index contributed by atoms with van der Waals surface area (Å²) in [6, 6.07) is 6.15. The van der Waals surface area contributed by atoms with Crippen LogP contribution in [0.2, 0.25) is 0 Å². The summed E-state index contributed by atoms with van der Waals surface area (Å²) < 4.78 is 17.0. The maximum atomic E-state index is 13.1. The first-order chi connectivity index (χ1) is 11.0. The predicted octanol–water partition coefficient (Wildman–Crippen LogP) is 3.43. The third-order valence-electron chi connectivity index (χ3n) is 3.38. The minimum absolute atomic E-state index is 0.284. The topological polar surface area (TPSA) is 66.7 Å². The Morgan fingerprint density at radius 3 is 2.35 bits per heavy atom. The summed E-state index contributed by atoms with van der Waals surface area (Å²) in [5.74, 6) is -0.284. The first-order valence-corrected chi connectivity index (χ1v) is 7.55. The maximum absolute atomic E-state index is 13.1. The van der Waals surface area contributed by atoms with Crippen molar-refractivity contribution in [2.75, 3.05) is 0 Å². The Morgan fingerprint density at radius 1 is 1.13 bits per heavy atom. The summed E-state index contributed by atoms with van der Waals surface area (Å²) in [6.07, 6.45) is 1.66. The van der Waals surface area contributed by atoms with Gasteiger partial charge in [-0.3, -0.25) is 10.2 Å². The molecule has 1 aromatic carbocycles. The Morgan fingerprint density at radius 2 is 1.74 bits per heavy atom. The number of aromatic nitrogens is 5. The summed E-state index contributed by atoms with van der Waals surface area (Å²) >= 11 is 10.2. The average Bonchev–Trinajstić information content (AvgIpc) is 2.99. The molecule has 23 heavy (non-hydrogen) atoms. The second-order valence-corrected chi connectivity index (χ2v) is 5.66. The number of nitrogens with zero attached hydrogens (tertiary/aromatic N) is 4. The molecule has 2 aromatic heterocycles. The van der Waals surface area contributed by atoms with Crippen molar-refractivity contribution in [1.29, 1.82) is 0 Å². The molecular weight excluding hydrogens is 335 g/mol. The summed E-state index contributed by atoms with van der Waals surface area (Å²) in [5, 5.41) is 14.2. The number of hydrogen-bond donors (Lipinski definition) is 2. The molecule has 0 radical (unpaired) electrons. The van der Waals surface area contributed by atoms with Crippen molar-refractivity contribution in [2.45, 2.75) is 13.8 Å². The van der Waals surface area contributed by atoms with E-state index in [2.05, 4.69) is 20.4 Å². The van der Waals surface area contributed by atoms with E-state index in [0.717, 1.165) is 22.6 Å². The zero-order valence-electron chi connectivity index (χ0n) is 12.4. The largest absolute Gasteiger partial charge is 0.273 e. The van der Waals surface area contributed by atoms with E-state index in [1.54, 1.807) is 23.0 Å². The van der Waals surface area contributed by atoms with Crippen molar-refractivity contribution in [1.82, 2.24) is 24.7 Å². The van der Waals surface area contributed by atoms with Gasteiger partial charge in [0.15, 0.2) is 0 Å². The Labute approximate surface area is 141 Å². The van der Waals surface area contributed by atoms with Crippen molar-refractivity contribution < 1.29 is 4.39 Å². The standard InChI is InChI=1S/C14H13FN6S2/c1-8-12(7-16-21-13(22)17-18-14(21)23)9(2)20(19-8)11-5-3-10(15)4-6-11/h3-7H,1-2H3,(H,17,22)(H,18,23)/b16-7+. The molecule has 0 aliphatic carbocycles. The van der Waals surface area contributed by atoms with E-state index in [4.69, 9.17) is 24.4 Å². The first-order valence-electron chi connectivity index (χ1n) is 6.73. The molecule has 0 saturated carbocycles. The molecule has 0 saturated heterocycles. The van der Waals surface area contributed by atoms with E-state index >= 15 is 0 Å². The second-order valence-electron chi connectivity index (χ2n) is 4.89. The maximum Gasteiger partial charge on any atom is 0.215 e. The lowest BCUT2D eigenvalue weighted by Gasteiger charge is -2.04. The monoisotopic (exact) mass is 348 g/mol. The van der Waals surface area contributed by atoms with Gasteiger partial charge in [0.2, 0.25) is 9.54 Å². The molecule has 0 spiro atoms. The normalized spacial score (nSPS) is 11.4. The highest BCUT2D eigenvalue weighted by molar-refractivity contribution is 7.72. The number of halogens is 1. The minimum Gasteiger partial charge on any atom is -0.273 e. The van der Waals surface area contributed by atoms with Crippen LogP contribution in [0.1, 0.15) is 17.0 Å². The Kier molecular flexibility index (Phi) is 4.05. The van der Waals surface area contributed by atoms with Crippen molar-refractivity contribution >= 4 is 30.7 Å². The molecule has 6 nitrogen and oxygen atoms in total. The molecule has 0 fully saturated rings. The van der Waals surface area contributed by atoms with Crippen molar-refractivity contribution in [3.63, 3.8) is 0 Å². The Bertz CT molecular complexity index is 962. The Balaban J connectivity index is 2.03. The highest BCUT2D eigenvalue weighted by atomic mass is 32.1. The number of rotatable bonds is 3. The Hall–Kier alpha value is -2.39. The molecule has 9 heteroatoms. The van der Waals surface area contributed by atoms with Gasteiger partial charge in [0, 0.05) is 5.56 Å². The van der Waals surface area contributed by atoms with E-state index in [0.29, 0.717) is 9.54 Å². The molecule has 2 N–H and O–H groups in total. The van der Waals surface area contributed by atoms with Gasteiger partial charge in [-0.2, -0.15) is 14.9 Å². The molecule has 0 unspecified atom stereocenters. The molecule has 3 aromatic rings. The van der Waals surface area contributed by atoms with Crippen LogP contribution < -0.4 is 0 Å². The number of nitrogens with one attached hydrogen (secondary N) is 2. The van der Waals surface area contributed by atoms with Gasteiger partial charge in [0.05, 0.1) is 23.3 Å². The van der Waals surface area contributed by atoms with Gasteiger partial charge < -0.3 is 0 Å². The van der Waals surface area contributed by atoms with Crippen LogP contribution in [0, 0.1) is 29.2 Å². The van der Waals surface area contributed by atoms with E-state index in [1.165, 1.54) is 16.8 Å². The fraction of sp³-hybridized carbons (Fsp3) is 0.143. The summed E-state index contributed by atoms with van der Waals surface area (Å²) in [7, 11) is 0. The predicted molar refractivity (Wildman–Crippen MR) is 90.8 cm³/mol. The van der Waals surface area contributed by atoms with Gasteiger partial charge in [-0.15, -0.1) is 0 Å². The van der Waals surface area contributed by atoms with E-state index < -0.39 is 0 Å². The van der Waals surface area contributed by atoms with E-state index in [9.17, 15) is 4.39 Å². The quantitative estimate of drug-likeness (QED) is 0.563. The van der Waals surface area contributed by atoms with Crippen molar-refractivity contribution in [3.05, 3.63) is 56.6 Å². The fourth-order valence-corrected chi connectivity index (χ4v) is 2.64. The number of H-pyrrole nitrogens is 2. The van der Waals surface area contributed by atoms with Gasteiger partial charge in [-0.05, 0) is 62.5 Å². The highest BCUT2D eigenvalue weighted by Crippen LogP contribution is 2.17. The molecular formula is C14H13FN6S2. The molecule has 0 amide bonds. The van der Waals surface area contributed by atoms with Gasteiger partial charge in [0.25, 0.3) is 0 Å². The summed E-state index contributed by atoms with van der Waals surface area (Å²) in [5.41, 5.74) is 3.32. The van der Waals surface area contributed by atoms with Gasteiger partial charge in [0.1, 0.15) is 5.82 Å². The van der Waals surface area contributed by atoms with Crippen LogP contribution in [0.25, 0.3) is 5.69 Å². The SMILES string of the molecule is Cc1nn(-c2ccc(F)cc2)c(C)c1/C=N/n1c(=S)[nH][nH]c1=S. The minimum atomic E-state index is -0.284. The van der Waals surface area contributed by atoms with Crippen LogP contribution in [0.3, 0.4) is 0 Å². The van der Waals surface area contributed by atoms with Crippen LogP contribution >= 0.6 is 24.4 Å². The molecule has 3 rings (SSSR count). The zero-order chi connectivity index (χ0) is 16.6. The number of aryl methyl sites for hydroxylation is 1. The zero-order valence-corrected chi connectivity index (χ0v) is 14.0. The average molecular weight is 348 g/mol. The summed E-state index contributed by atoms with van der Waals surface area (Å²) in [6.45, 7) is 3.80. The fourth-order valence-electron chi connectivity index (χ4n) is 2.20. The van der Waals surface area contributed by atoms with Gasteiger partial charge in [-0.25, -0.2) is 9.07 Å². The first kappa shape index (κ1) is 15.5. The molecule has 0 bridgehead atoms. The molecule has 0 aliphatic heterocycles. The lowest BCUT2D eigenvalue weighted by atomic mass is 10.2. The summed E-state index contributed by atoms with van der Waals surface area (Å²) in [4.78, 5) is 0. The third kappa shape index (κ3) is 2.92. The molecule has 0 aliphatic rings. The van der Waals surface area contributed by atoms with Crippen LogP contribution in [-0.4, -0.2) is 30.9 Å². The lowest BCUT2D eigenvalue weighted by Crippen LogP contribution is -1.99. The molecule has 2 heterocycles. The van der Waals surface area contributed by atoms with Gasteiger partial charge >= 0.3 is 0 Å². The smallest absolute Gasteiger partial charge is 0.215 e. The van der Waals surface area contributed by atoms with Crippen LogP contribution in [-0.2, 0) is 0 Å². The number of benzene rings is 1. The van der Waals surface area contributed by atoms with Crippen molar-refractivity contribution in [2.24, 2.45) is 5.10 Å². The number of hydrogen-bond acceptors (Lipinski definition) is 4. The second kappa shape index (κ2) is 6.01. The number of aromatic amines is 2. The van der Waals surface area contributed by atoms with Crippen LogP contribution in [0.15, 0.2) is 29.4 Å². The van der Waals surface area contributed by atoms with Gasteiger partial charge in [-0.1, -0.05) is 0 Å². The highest BCUT2D eigenvalue weighted by Gasteiger charge is 2.11. The van der Waals surface area contributed by atoms with Crippen LogP contribution in [0.5, 0.6) is 0 Å². The molecule has 0 atom stereocenters. The molecule has 118 valence electrons. The van der Waals surface area contributed by atoms with Crippen LogP contribution in [0.4, 0.5) is 4.39 Å². The van der Waals surface area contributed by atoms with Crippen molar-refractivity contribution in [3.8, 4) is 5.69 Å². The lowest BCUT2D eigenvalue weighted by molar-refractivity contribution is 0.627. The third-order valence-corrected chi connectivity index (χ3v) is 3.93. The van der Waals surface area contributed by atoms with E-state index in [-0.39, 0.29) is 5.82 Å².